The maximum absolute atomic E-state index is 11.5. The van der Waals surface area contributed by atoms with Gasteiger partial charge in [-0.05, 0) is 19.8 Å². The van der Waals surface area contributed by atoms with E-state index in [0.717, 1.165) is 12.8 Å². The van der Waals surface area contributed by atoms with Gasteiger partial charge in [-0.2, -0.15) is 0 Å². The van der Waals surface area contributed by atoms with Crippen LogP contribution in [0.1, 0.15) is 46.5 Å². The highest BCUT2D eigenvalue weighted by Gasteiger charge is 2.27. The fourth-order valence-corrected chi connectivity index (χ4v) is 1.38. The first-order chi connectivity index (χ1) is 7.34. The molecule has 0 aliphatic carbocycles. The van der Waals surface area contributed by atoms with E-state index in [1.54, 1.807) is 0 Å². The molecule has 4 nitrogen and oxygen atoms in total. The number of rotatable bonds is 7. The maximum atomic E-state index is 11.5. The number of hydrogen-bond acceptors (Lipinski definition) is 3. The minimum atomic E-state index is -1.07. The predicted octanol–water partition coefficient (Wildman–Crippen LogP) is 2.53. The van der Waals surface area contributed by atoms with E-state index in [2.05, 4.69) is 6.58 Å². The van der Waals surface area contributed by atoms with Crippen LogP contribution < -0.4 is 0 Å². The van der Waals surface area contributed by atoms with Gasteiger partial charge in [-0.3, -0.25) is 4.79 Å². The van der Waals surface area contributed by atoms with Crippen LogP contribution in [0.2, 0.25) is 0 Å². The van der Waals surface area contributed by atoms with Crippen molar-refractivity contribution in [3.8, 4) is 0 Å². The zero-order valence-corrected chi connectivity index (χ0v) is 10.2. The van der Waals surface area contributed by atoms with Crippen molar-refractivity contribution in [2.24, 2.45) is 0 Å². The highest BCUT2D eigenvalue weighted by molar-refractivity contribution is 5.93. The van der Waals surface area contributed by atoms with Gasteiger partial charge in [0.25, 0.3) is 0 Å². The van der Waals surface area contributed by atoms with Crippen LogP contribution in [0.3, 0.4) is 0 Å². The zero-order valence-electron chi connectivity index (χ0n) is 10.2. The predicted molar refractivity (Wildman–Crippen MR) is 61.1 cm³/mol. The van der Waals surface area contributed by atoms with Crippen LogP contribution in [-0.2, 0) is 14.3 Å². The van der Waals surface area contributed by atoms with Gasteiger partial charge in [0, 0.05) is 5.57 Å². The Morgan fingerprint density at radius 2 is 1.94 bits per heavy atom. The number of esters is 1. The van der Waals surface area contributed by atoms with E-state index in [-0.39, 0.29) is 12.0 Å². The second kappa shape index (κ2) is 6.30. The molecule has 92 valence electrons. The fourth-order valence-electron chi connectivity index (χ4n) is 1.38. The molecule has 1 atom stereocenters. The summed E-state index contributed by atoms with van der Waals surface area (Å²) in [4.78, 5) is 21.9. The van der Waals surface area contributed by atoms with Crippen LogP contribution in [-0.4, -0.2) is 22.6 Å². The van der Waals surface area contributed by atoms with Gasteiger partial charge < -0.3 is 9.84 Å². The van der Waals surface area contributed by atoms with E-state index in [4.69, 9.17) is 9.84 Å². The van der Waals surface area contributed by atoms with E-state index in [0.29, 0.717) is 6.42 Å². The first kappa shape index (κ1) is 14.7. The number of carboxylic acids is 1. The van der Waals surface area contributed by atoms with Gasteiger partial charge in [0.05, 0.1) is 6.42 Å². The van der Waals surface area contributed by atoms with E-state index in [1.165, 1.54) is 0 Å². The summed E-state index contributed by atoms with van der Waals surface area (Å²) in [6.07, 6.45) is 2.00. The molecular formula is C12H20O4. The maximum Gasteiger partial charge on any atom is 0.334 e. The Hall–Kier alpha value is -1.32. The first-order valence-electron chi connectivity index (χ1n) is 5.47. The molecule has 0 aromatic carbocycles. The van der Waals surface area contributed by atoms with Crippen molar-refractivity contribution in [1.29, 1.82) is 0 Å². The highest BCUT2D eigenvalue weighted by Crippen LogP contribution is 2.23. The normalized spacial score (nSPS) is 13.9. The van der Waals surface area contributed by atoms with Crippen LogP contribution in [0.4, 0.5) is 0 Å². The minimum Gasteiger partial charge on any atom is -0.481 e. The molecule has 16 heavy (non-hydrogen) atoms. The lowest BCUT2D eigenvalue weighted by atomic mass is 9.97. The van der Waals surface area contributed by atoms with Crippen LogP contribution in [0.25, 0.3) is 0 Å². The van der Waals surface area contributed by atoms with E-state index in [1.807, 2.05) is 20.8 Å². The van der Waals surface area contributed by atoms with Gasteiger partial charge in [0.1, 0.15) is 5.60 Å². The molecule has 1 unspecified atom stereocenters. The second-order valence-electron chi connectivity index (χ2n) is 4.12. The number of ether oxygens (including phenoxy) is 1. The number of carbonyl (C=O) groups excluding carboxylic acids is 1. The Bertz CT molecular complexity index is 283. The van der Waals surface area contributed by atoms with Gasteiger partial charge in [0.2, 0.25) is 0 Å². The van der Waals surface area contributed by atoms with Gasteiger partial charge >= 0.3 is 11.9 Å². The average molecular weight is 228 g/mol. The summed E-state index contributed by atoms with van der Waals surface area (Å²) < 4.78 is 5.29. The van der Waals surface area contributed by atoms with Crippen LogP contribution in [0, 0.1) is 0 Å². The lowest BCUT2D eigenvalue weighted by Crippen LogP contribution is -2.31. The van der Waals surface area contributed by atoms with Crippen molar-refractivity contribution in [2.45, 2.75) is 52.1 Å². The summed E-state index contributed by atoms with van der Waals surface area (Å²) in [6.45, 7) is 9.21. The number of carbonyl (C=O) groups is 2. The fraction of sp³-hybridized carbons (Fsp3) is 0.667. The van der Waals surface area contributed by atoms with Gasteiger partial charge in [-0.25, -0.2) is 4.79 Å². The number of aliphatic carboxylic acids is 1. The van der Waals surface area contributed by atoms with Crippen molar-refractivity contribution in [3.63, 3.8) is 0 Å². The average Bonchev–Trinajstić information content (AvgIpc) is 2.17. The van der Waals surface area contributed by atoms with E-state index < -0.39 is 17.5 Å². The van der Waals surface area contributed by atoms with Gasteiger partial charge in [-0.15, -0.1) is 0 Å². The molecule has 0 bridgehead atoms. The molecule has 0 spiro atoms. The molecule has 0 fully saturated rings. The van der Waals surface area contributed by atoms with Gasteiger partial charge in [-0.1, -0.05) is 26.8 Å². The quantitative estimate of drug-likeness (QED) is 0.537. The molecule has 0 aliphatic rings. The molecule has 0 aromatic rings. The Kier molecular flexibility index (Phi) is 5.78. The Labute approximate surface area is 96.3 Å². The Balaban J connectivity index is 4.41. The summed E-state index contributed by atoms with van der Waals surface area (Å²) >= 11 is 0. The van der Waals surface area contributed by atoms with Crippen molar-refractivity contribution in [1.82, 2.24) is 0 Å². The monoisotopic (exact) mass is 228 g/mol. The van der Waals surface area contributed by atoms with Gasteiger partial charge in [0.15, 0.2) is 0 Å². The zero-order chi connectivity index (χ0) is 12.8. The molecule has 0 aliphatic heterocycles. The summed E-state index contributed by atoms with van der Waals surface area (Å²) in [6, 6.07) is 0. The molecule has 0 rings (SSSR count). The highest BCUT2D eigenvalue weighted by atomic mass is 16.6. The molecule has 0 saturated heterocycles. The largest absolute Gasteiger partial charge is 0.481 e. The molecule has 4 heteroatoms. The van der Waals surface area contributed by atoms with Crippen LogP contribution in [0.15, 0.2) is 12.2 Å². The first-order valence-corrected chi connectivity index (χ1v) is 5.47. The summed E-state index contributed by atoms with van der Waals surface area (Å²) in [5.41, 5.74) is -0.531. The van der Waals surface area contributed by atoms with E-state index in [9.17, 15) is 9.59 Å². The molecular weight excluding hydrogens is 208 g/mol. The third-order valence-electron chi connectivity index (χ3n) is 2.52. The topological polar surface area (TPSA) is 63.6 Å². The Morgan fingerprint density at radius 3 is 2.31 bits per heavy atom. The Morgan fingerprint density at radius 1 is 1.38 bits per heavy atom. The van der Waals surface area contributed by atoms with Crippen molar-refractivity contribution >= 4 is 11.9 Å². The molecule has 0 heterocycles. The van der Waals surface area contributed by atoms with Crippen molar-refractivity contribution in [2.75, 3.05) is 0 Å². The third-order valence-corrected chi connectivity index (χ3v) is 2.52. The van der Waals surface area contributed by atoms with Crippen molar-refractivity contribution in [3.05, 3.63) is 12.2 Å². The summed E-state index contributed by atoms with van der Waals surface area (Å²) in [5.74, 6) is -1.68. The third kappa shape index (κ3) is 4.96. The molecule has 0 aromatic heterocycles. The van der Waals surface area contributed by atoms with Crippen molar-refractivity contribution < 1.29 is 19.4 Å². The lowest BCUT2D eigenvalue weighted by Gasteiger charge is -2.28. The SMILES string of the molecule is C=C(CC(=O)O)C(=O)OC(C)(CC)CCC. The molecule has 0 saturated carbocycles. The standard InChI is InChI=1S/C12H20O4/c1-5-7-12(4,6-2)16-11(15)9(3)8-10(13)14/h3,5-8H2,1-2,4H3,(H,13,14). The van der Waals surface area contributed by atoms with E-state index >= 15 is 0 Å². The molecule has 0 amide bonds. The second-order valence-corrected chi connectivity index (χ2v) is 4.12. The molecule has 0 radical (unpaired) electrons. The van der Waals surface area contributed by atoms with Crippen LogP contribution in [0.5, 0.6) is 0 Å². The smallest absolute Gasteiger partial charge is 0.334 e. The lowest BCUT2D eigenvalue weighted by molar-refractivity contribution is -0.155. The molecule has 1 N–H and O–H groups in total. The summed E-state index contributed by atoms with van der Waals surface area (Å²) in [7, 11) is 0. The minimum absolute atomic E-state index is 0.0109. The van der Waals surface area contributed by atoms with Crippen LogP contribution >= 0.6 is 0 Å². The summed E-state index contributed by atoms with van der Waals surface area (Å²) in [5, 5.41) is 8.52. The number of hydrogen-bond donors (Lipinski definition) is 1. The number of carboxylic acid groups (broad SMARTS) is 1.